The SMILES string of the molecule is CC(CC(C)C)=S(N)(=O)O. The van der Waals surface area contributed by atoms with Crippen molar-refractivity contribution in [3.8, 4) is 0 Å². The Hall–Kier alpha value is -0.0600. The van der Waals surface area contributed by atoms with Gasteiger partial charge in [0.15, 0.2) is 0 Å². The van der Waals surface area contributed by atoms with Crippen LogP contribution in [0.1, 0.15) is 27.2 Å². The fraction of sp³-hybridized carbons (Fsp3) is 0.833. The van der Waals surface area contributed by atoms with Gasteiger partial charge in [-0.2, -0.15) is 0 Å². The number of nitrogens with two attached hydrogens (primary N) is 1. The van der Waals surface area contributed by atoms with Crippen molar-refractivity contribution in [1.29, 1.82) is 0 Å². The molecule has 0 saturated heterocycles. The molecule has 0 rings (SSSR count). The fourth-order valence-corrected chi connectivity index (χ4v) is 1.27. The van der Waals surface area contributed by atoms with Crippen LogP contribution in [0.3, 0.4) is 0 Å². The molecule has 3 nitrogen and oxygen atoms in total. The van der Waals surface area contributed by atoms with Crippen LogP contribution in [0.5, 0.6) is 0 Å². The van der Waals surface area contributed by atoms with E-state index in [1.165, 1.54) is 0 Å². The summed E-state index contributed by atoms with van der Waals surface area (Å²) in [5, 5.41) is 4.97. The quantitative estimate of drug-likeness (QED) is 0.596. The minimum absolute atomic E-state index is 0.386. The molecule has 1 atom stereocenters. The zero-order chi connectivity index (χ0) is 8.36. The molecule has 0 aromatic heterocycles. The Morgan fingerprint density at radius 1 is 1.70 bits per heavy atom. The third kappa shape index (κ3) is 3.87. The lowest BCUT2D eigenvalue weighted by atomic mass is 10.1. The average molecular weight is 165 g/mol. The summed E-state index contributed by atoms with van der Waals surface area (Å²) in [5.74, 6) is 0.386. The van der Waals surface area contributed by atoms with Gasteiger partial charge in [0.1, 0.15) is 9.99 Å². The Morgan fingerprint density at radius 2 is 2.10 bits per heavy atom. The second kappa shape index (κ2) is 3.37. The second-order valence-corrected chi connectivity index (χ2v) is 4.70. The largest absolute Gasteiger partial charge is 0.302 e. The van der Waals surface area contributed by atoms with Crippen LogP contribution in [-0.4, -0.2) is 13.6 Å². The van der Waals surface area contributed by atoms with Crippen LogP contribution >= 0.6 is 0 Å². The molecule has 0 aromatic carbocycles. The van der Waals surface area contributed by atoms with Crippen molar-refractivity contribution in [2.24, 2.45) is 11.1 Å². The molecule has 0 aliphatic rings. The number of hydrogen-bond donors (Lipinski definition) is 2. The first kappa shape index (κ1) is 9.94. The third-order valence-electron chi connectivity index (χ3n) is 1.19. The molecule has 0 saturated carbocycles. The van der Waals surface area contributed by atoms with Gasteiger partial charge in [-0.3, -0.25) is 0 Å². The number of hydrogen-bond acceptors (Lipinski definition) is 1. The Bertz CT molecular complexity index is 206. The lowest BCUT2D eigenvalue weighted by Crippen LogP contribution is -2.20. The van der Waals surface area contributed by atoms with Gasteiger partial charge in [0.2, 0.25) is 0 Å². The van der Waals surface area contributed by atoms with E-state index in [-0.39, 0.29) is 0 Å². The molecule has 4 heteroatoms. The van der Waals surface area contributed by atoms with Gasteiger partial charge in [0.25, 0.3) is 0 Å². The summed E-state index contributed by atoms with van der Waals surface area (Å²) < 4.78 is 19.5. The highest BCUT2D eigenvalue weighted by atomic mass is 32.2. The highest BCUT2D eigenvalue weighted by molar-refractivity contribution is 7.95. The molecule has 62 valence electrons. The topological polar surface area (TPSA) is 63.3 Å². The molecule has 1 unspecified atom stereocenters. The predicted molar refractivity (Wildman–Crippen MR) is 45.1 cm³/mol. The average Bonchev–Trinajstić information content (AvgIpc) is 1.60. The summed E-state index contributed by atoms with van der Waals surface area (Å²) in [5.41, 5.74) is 0. The van der Waals surface area contributed by atoms with Gasteiger partial charge in [-0.25, -0.2) is 9.35 Å². The molecule has 0 heterocycles. The molecule has 3 N–H and O–H groups in total. The standard InChI is InChI=1S/C6H15NO2S/c1-5(2)4-6(3)10(7,8)9/h5H,4H2,1-3H3,(H3,7,8,9). The van der Waals surface area contributed by atoms with Crippen LogP contribution in [-0.2, 0) is 9.99 Å². The summed E-state index contributed by atoms with van der Waals surface area (Å²) in [6.45, 7) is 5.58. The minimum Gasteiger partial charge on any atom is -0.302 e. The summed E-state index contributed by atoms with van der Waals surface area (Å²) in [4.78, 5) is 0.475. The fourth-order valence-electron chi connectivity index (χ4n) is 0.694. The van der Waals surface area contributed by atoms with E-state index in [0.717, 1.165) is 0 Å². The molecule has 0 amide bonds. The van der Waals surface area contributed by atoms with Gasteiger partial charge in [-0.15, -0.1) is 0 Å². The molecule has 0 aromatic rings. The summed E-state index contributed by atoms with van der Waals surface area (Å²) in [6.07, 6.45) is 0.617. The Morgan fingerprint density at radius 3 is 2.20 bits per heavy atom. The Balaban J connectivity index is 4.38. The molecule has 10 heavy (non-hydrogen) atoms. The van der Waals surface area contributed by atoms with E-state index >= 15 is 0 Å². The van der Waals surface area contributed by atoms with E-state index in [9.17, 15) is 4.21 Å². The Labute approximate surface area is 62.6 Å². The van der Waals surface area contributed by atoms with E-state index in [4.69, 9.17) is 9.69 Å². The second-order valence-electron chi connectivity index (χ2n) is 2.87. The molecule has 0 aliphatic carbocycles. The van der Waals surface area contributed by atoms with Crippen molar-refractivity contribution in [3.63, 3.8) is 0 Å². The molecule has 0 radical (unpaired) electrons. The first-order valence-corrected chi connectivity index (χ1v) is 4.78. The van der Waals surface area contributed by atoms with E-state index in [2.05, 4.69) is 0 Å². The summed E-state index contributed by atoms with van der Waals surface area (Å²) in [6, 6.07) is 0. The zero-order valence-electron chi connectivity index (χ0n) is 6.63. The van der Waals surface area contributed by atoms with Gasteiger partial charge in [-0.1, -0.05) is 13.8 Å². The molecule has 0 spiro atoms. The van der Waals surface area contributed by atoms with E-state index in [1.54, 1.807) is 6.92 Å². The van der Waals surface area contributed by atoms with Crippen LogP contribution in [0.2, 0.25) is 0 Å². The Kier molecular flexibility index (Phi) is 3.35. The van der Waals surface area contributed by atoms with Crippen molar-refractivity contribution in [1.82, 2.24) is 0 Å². The molecular weight excluding hydrogens is 150 g/mol. The normalized spacial score (nSPS) is 17.0. The van der Waals surface area contributed by atoms with Gasteiger partial charge in [0.05, 0.1) is 0 Å². The van der Waals surface area contributed by atoms with Crippen molar-refractivity contribution in [2.75, 3.05) is 0 Å². The van der Waals surface area contributed by atoms with Crippen molar-refractivity contribution >= 4 is 14.9 Å². The van der Waals surface area contributed by atoms with Crippen LogP contribution in [0.4, 0.5) is 0 Å². The smallest absolute Gasteiger partial charge is 0.141 e. The van der Waals surface area contributed by atoms with Gasteiger partial charge in [-0.05, 0) is 19.3 Å². The third-order valence-corrected chi connectivity index (χ3v) is 2.36. The lowest BCUT2D eigenvalue weighted by molar-refractivity contribution is 0.559. The van der Waals surface area contributed by atoms with Crippen LogP contribution < -0.4 is 5.14 Å². The van der Waals surface area contributed by atoms with E-state index in [1.807, 2.05) is 13.8 Å². The first-order chi connectivity index (χ1) is 4.34. The maximum Gasteiger partial charge on any atom is 0.141 e. The van der Waals surface area contributed by atoms with E-state index in [0.29, 0.717) is 17.2 Å². The van der Waals surface area contributed by atoms with Crippen LogP contribution in [0.15, 0.2) is 0 Å². The predicted octanol–water partition coefficient (Wildman–Crippen LogP) is 0.856. The van der Waals surface area contributed by atoms with Crippen LogP contribution in [0, 0.1) is 5.92 Å². The van der Waals surface area contributed by atoms with Crippen molar-refractivity contribution in [2.45, 2.75) is 27.2 Å². The van der Waals surface area contributed by atoms with E-state index < -0.39 is 9.99 Å². The maximum absolute atomic E-state index is 10.7. The maximum atomic E-state index is 10.7. The van der Waals surface area contributed by atoms with Crippen molar-refractivity contribution < 1.29 is 8.76 Å². The van der Waals surface area contributed by atoms with Gasteiger partial charge >= 0.3 is 0 Å². The first-order valence-electron chi connectivity index (χ1n) is 3.21. The molecule has 0 fully saturated rings. The summed E-state index contributed by atoms with van der Waals surface area (Å²) in [7, 11) is -3.13. The molecule has 0 aliphatic heterocycles. The highest BCUT2D eigenvalue weighted by Crippen LogP contribution is 2.01. The zero-order valence-corrected chi connectivity index (χ0v) is 7.44. The van der Waals surface area contributed by atoms with Crippen LogP contribution in [0.25, 0.3) is 0 Å². The van der Waals surface area contributed by atoms with Gasteiger partial charge < -0.3 is 4.55 Å². The summed E-state index contributed by atoms with van der Waals surface area (Å²) >= 11 is 0. The monoisotopic (exact) mass is 165 g/mol. The molecule has 0 bridgehead atoms. The van der Waals surface area contributed by atoms with Crippen molar-refractivity contribution in [3.05, 3.63) is 0 Å². The minimum atomic E-state index is -3.13. The lowest BCUT2D eigenvalue weighted by Gasteiger charge is -2.05. The van der Waals surface area contributed by atoms with Gasteiger partial charge in [0, 0.05) is 4.86 Å². The molecular formula is C6H15NO2S. The number of rotatable bonds is 2. The highest BCUT2D eigenvalue weighted by Gasteiger charge is 2.03.